The molecule has 0 atom stereocenters. The first-order valence-electron chi connectivity index (χ1n) is 8.52. The van der Waals surface area contributed by atoms with Gasteiger partial charge in [-0.05, 0) is 25.7 Å². The van der Waals surface area contributed by atoms with Crippen LogP contribution in [-0.4, -0.2) is 36.1 Å². The third-order valence-electron chi connectivity index (χ3n) is 4.57. The first-order chi connectivity index (χ1) is 12.2. The molecule has 1 aliphatic carbocycles. The molecule has 4 rings (SSSR count). The number of fused-ring (bicyclic) bond motifs is 1. The molecule has 3 aromatic rings. The Hall–Kier alpha value is -1.80. The summed E-state index contributed by atoms with van der Waals surface area (Å²) in [5, 5.41) is 6.84. The highest BCUT2D eigenvalue weighted by atomic mass is 32.2. The van der Waals surface area contributed by atoms with Crippen molar-refractivity contribution >= 4 is 34.0 Å². The number of imidazole rings is 2. The molecule has 1 saturated carbocycles. The van der Waals surface area contributed by atoms with Crippen LogP contribution in [0.5, 0.6) is 0 Å². The molecule has 1 N–H and O–H groups in total. The Morgan fingerprint density at radius 3 is 2.92 bits per heavy atom. The van der Waals surface area contributed by atoms with Gasteiger partial charge in [0.15, 0.2) is 10.1 Å². The number of hydrogen-bond donors (Lipinski definition) is 1. The lowest BCUT2D eigenvalue weighted by Gasteiger charge is -2.28. The van der Waals surface area contributed by atoms with Crippen molar-refractivity contribution in [1.82, 2.24) is 24.3 Å². The minimum absolute atomic E-state index is 0.0750. The standard InChI is InChI=1S/C17H21N5OS2/c1-21-7-6-18-16(21)25-14-4-2-12(3-5-14)19-15(23)10-13-11-22-8-9-24-17(22)20-13/h6-9,11-12,14H,2-5,10H2,1H3,(H,19,23). The fourth-order valence-electron chi connectivity index (χ4n) is 3.24. The second-order valence-corrected chi connectivity index (χ2v) is 8.62. The average molecular weight is 376 g/mol. The Kier molecular flexibility index (Phi) is 4.80. The Morgan fingerprint density at radius 2 is 2.20 bits per heavy atom. The second-order valence-electron chi connectivity index (χ2n) is 6.48. The van der Waals surface area contributed by atoms with Crippen LogP contribution in [0.3, 0.4) is 0 Å². The maximum atomic E-state index is 12.3. The zero-order chi connectivity index (χ0) is 17.2. The van der Waals surface area contributed by atoms with Gasteiger partial charge < -0.3 is 9.88 Å². The quantitative estimate of drug-likeness (QED) is 0.745. The molecule has 25 heavy (non-hydrogen) atoms. The van der Waals surface area contributed by atoms with E-state index < -0.39 is 0 Å². The molecule has 0 spiro atoms. The fraction of sp³-hybridized carbons (Fsp3) is 0.471. The monoisotopic (exact) mass is 375 g/mol. The molecule has 0 radical (unpaired) electrons. The number of rotatable bonds is 5. The summed E-state index contributed by atoms with van der Waals surface area (Å²) in [4.78, 5) is 22.1. The molecule has 0 aromatic carbocycles. The van der Waals surface area contributed by atoms with Crippen LogP contribution in [0.15, 0.2) is 35.3 Å². The van der Waals surface area contributed by atoms with Crippen LogP contribution in [0, 0.1) is 0 Å². The summed E-state index contributed by atoms with van der Waals surface area (Å²) >= 11 is 3.44. The number of aryl methyl sites for hydroxylation is 1. The molecule has 132 valence electrons. The Morgan fingerprint density at radius 1 is 1.36 bits per heavy atom. The number of hydrogen-bond acceptors (Lipinski definition) is 5. The summed E-state index contributed by atoms with van der Waals surface area (Å²) in [5.74, 6) is 0.0750. The first kappa shape index (κ1) is 16.7. The van der Waals surface area contributed by atoms with Crippen LogP contribution < -0.4 is 5.32 Å². The van der Waals surface area contributed by atoms with Gasteiger partial charge in [0.1, 0.15) is 0 Å². The summed E-state index contributed by atoms with van der Waals surface area (Å²) in [5.41, 5.74) is 0.836. The van der Waals surface area contributed by atoms with Crippen LogP contribution in [0.2, 0.25) is 0 Å². The molecule has 1 fully saturated rings. The van der Waals surface area contributed by atoms with Gasteiger partial charge in [-0.15, -0.1) is 11.3 Å². The zero-order valence-corrected chi connectivity index (χ0v) is 15.7. The largest absolute Gasteiger partial charge is 0.353 e. The van der Waals surface area contributed by atoms with Crippen molar-refractivity contribution in [2.45, 2.75) is 48.6 Å². The molecule has 8 heteroatoms. The van der Waals surface area contributed by atoms with Gasteiger partial charge in [-0.1, -0.05) is 11.8 Å². The number of carbonyl (C=O) groups is 1. The van der Waals surface area contributed by atoms with Gasteiger partial charge in [-0.3, -0.25) is 9.20 Å². The van der Waals surface area contributed by atoms with Gasteiger partial charge in [0, 0.05) is 48.5 Å². The topological polar surface area (TPSA) is 64.2 Å². The summed E-state index contributed by atoms with van der Waals surface area (Å²) in [6.45, 7) is 0. The number of thiazole rings is 1. The Labute approximate surface area is 154 Å². The van der Waals surface area contributed by atoms with Gasteiger partial charge in [0.25, 0.3) is 0 Å². The van der Waals surface area contributed by atoms with Crippen LogP contribution in [0.4, 0.5) is 0 Å². The lowest BCUT2D eigenvalue weighted by molar-refractivity contribution is -0.121. The van der Waals surface area contributed by atoms with E-state index in [1.54, 1.807) is 11.3 Å². The minimum atomic E-state index is 0.0750. The van der Waals surface area contributed by atoms with E-state index >= 15 is 0 Å². The highest BCUT2D eigenvalue weighted by Crippen LogP contribution is 2.32. The van der Waals surface area contributed by atoms with Crippen molar-refractivity contribution in [3.63, 3.8) is 0 Å². The zero-order valence-electron chi connectivity index (χ0n) is 14.1. The van der Waals surface area contributed by atoms with E-state index in [4.69, 9.17) is 0 Å². The first-order valence-corrected chi connectivity index (χ1v) is 10.3. The molecule has 3 aromatic heterocycles. The Bertz CT molecular complexity index is 831. The van der Waals surface area contributed by atoms with Gasteiger partial charge >= 0.3 is 0 Å². The molecule has 3 heterocycles. The van der Waals surface area contributed by atoms with Gasteiger partial charge in [0.2, 0.25) is 5.91 Å². The van der Waals surface area contributed by atoms with Crippen LogP contribution in [-0.2, 0) is 18.3 Å². The van der Waals surface area contributed by atoms with Crippen LogP contribution in [0.1, 0.15) is 31.4 Å². The molecule has 1 amide bonds. The lowest BCUT2D eigenvalue weighted by Crippen LogP contribution is -2.39. The lowest BCUT2D eigenvalue weighted by atomic mass is 9.95. The number of nitrogens with zero attached hydrogens (tertiary/aromatic N) is 4. The predicted molar refractivity (Wildman–Crippen MR) is 100 cm³/mol. The molecule has 0 aliphatic heterocycles. The van der Waals surface area contributed by atoms with E-state index in [1.165, 1.54) is 0 Å². The third-order valence-corrected chi connectivity index (χ3v) is 6.75. The van der Waals surface area contributed by atoms with E-state index in [0.29, 0.717) is 11.7 Å². The van der Waals surface area contributed by atoms with Gasteiger partial charge in [-0.25, -0.2) is 9.97 Å². The molecule has 0 unspecified atom stereocenters. The highest BCUT2D eigenvalue weighted by Gasteiger charge is 2.24. The van der Waals surface area contributed by atoms with E-state index in [9.17, 15) is 4.79 Å². The smallest absolute Gasteiger partial charge is 0.226 e. The van der Waals surface area contributed by atoms with E-state index in [0.717, 1.165) is 41.5 Å². The van der Waals surface area contributed by atoms with Crippen molar-refractivity contribution < 1.29 is 4.79 Å². The number of carbonyl (C=O) groups excluding carboxylic acids is 1. The van der Waals surface area contributed by atoms with Crippen molar-refractivity contribution in [3.05, 3.63) is 35.9 Å². The predicted octanol–water partition coefficient (Wildman–Crippen LogP) is 2.89. The van der Waals surface area contributed by atoms with Gasteiger partial charge in [-0.2, -0.15) is 0 Å². The van der Waals surface area contributed by atoms with E-state index in [1.807, 2.05) is 53.4 Å². The van der Waals surface area contributed by atoms with Crippen molar-refractivity contribution in [2.75, 3.05) is 0 Å². The number of thioether (sulfide) groups is 1. The molecule has 1 aliphatic rings. The number of amides is 1. The minimum Gasteiger partial charge on any atom is -0.353 e. The molecular weight excluding hydrogens is 354 g/mol. The summed E-state index contributed by atoms with van der Waals surface area (Å²) < 4.78 is 4.03. The number of nitrogens with one attached hydrogen (secondary N) is 1. The third kappa shape index (κ3) is 3.90. The average Bonchev–Trinajstić information content (AvgIpc) is 3.26. The van der Waals surface area contributed by atoms with Crippen molar-refractivity contribution in [3.8, 4) is 0 Å². The molecular formula is C17H21N5OS2. The molecule has 6 nitrogen and oxygen atoms in total. The van der Waals surface area contributed by atoms with Gasteiger partial charge in [0.05, 0.1) is 12.1 Å². The fourth-order valence-corrected chi connectivity index (χ4v) is 5.12. The maximum Gasteiger partial charge on any atom is 0.226 e. The molecule has 0 bridgehead atoms. The van der Waals surface area contributed by atoms with Crippen molar-refractivity contribution in [2.24, 2.45) is 7.05 Å². The number of aromatic nitrogens is 4. The van der Waals surface area contributed by atoms with E-state index in [2.05, 4.69) is 19.9 Å². The normalized spacial score (nSPS) is 20.8. The second kappa shape index (κ2) is 7.21. The maximum absolute atomic E-state index is 12.3. The summed E-state index contributed by atoms with van der Waals surface area (Å²) in [7, 11) is 2.03. The summed E-state index contributed by atoms with van der Waals surface area (Å²) in [6, 6.07) is 0.287. The summed E-state index contributed by atoms with van der Waals surface area (Å²) in [6.07, 6.45) is 12.4. The highest BCUT2D eigenvalue weighted by molar-refractivity contribution is 7.99. The SMILES string of the molecule is Cn1ccnc1SC1CCC(NC(=O)Cc2cn3ccsc3n2)CC1. The van der Waals surface area contributed by atoms with Crippen molar-refractivity contribution in [1.29, 1.82) is 0 Å². The van der Waals surface area contributed by atoms with Crippen LogP contribution in [0.25, 0.3) is 4.96 Å². The van der Waals surface area contributed by atoms with Crippen LogP contribution >= 0.6 is 23.1 Å². The molecule has 0 saturated heterocycles. The Balaban J connectivity index is 1.24. The van der Waals surface area contributed by atoms with E-state index in [-0.39, 0.29) is 11.9 Å².